The first-order valence-corrected chi connectivity index (χ1v) is 7.70. The second kappa shape index (κ2) is 6.92. The molecule has 1 saturated heterocycles. The smallest absolute Gasteiger partial charge is 0.119 e. The molecule has 0 saturated carbocycles. The van der Waals surface area contributed by atoms with Crippen molar-refractivity contribution in [2.75, 3.05) is 26.9 Å². The van der Waals surface area contributed by atoms with Crippen LogP contribution in [-0.4, -0.2) is 26.9 Å². The van der Waals surface area contributed by atoms with Crippen LogP contribution in [0.2, 0.25) is 0 Å². The van der Waals surface area contributed by atoms with Gasteiger partial charge >= 0.3 is 0 Å². The number of hydrogen-bond donors (Lipinski definition) is 1. The van der Waals surface area contributed by atoms with Crippen LogP contribution in [0.5, 0.6) is 5.75 Å². The van der Waals surface area contributed by atoms with Gasteiger partial charge in [-0.15, -0.1) is 0 Å². The van der Waals surface area contributed by atoms with Crippen LogP contribution in [0.4, 0.5) is 0 Å². The maximum atomic E-state index is 5.51. The van der Waals surface area contributed by atoms with E-state index in [-0.39, 0.29) is 0 Å². The van der Waals surface area contributed by atoms with E-state index in [1.54, 1.807) is 7.11 Å². The summed E-state index contributed by atoms with van der Waals surface area (Å²) in [6, 6.07) is 12.8. The van der Waals surface area contributed by atoms with Gasteiger partial charge in [-0.25, -0.2) is 0 Å². The number of ether oxygens (including phenoxy) is 2. The van der Waals surface area contributed by atoms with E-state index >= 15 is 0 Å². The highest BCUT2D eigenvalue weighted by atomic mass is 16.5. The van der Waals surface area contributed by atoms with Crippen LogP contribution in [0.25, 0.3) is 10.8 Å². The van der Waals surface area contributed by atoms with Gasteiger partial charge in [0.1, 0.15) is 5.75 Å². The van der Waals surface area contributed by atoms with Crippen molar-refractivity contribution in [3.05, 3.63) is 42.0 Å². The van der Waals surface area contributed by atoms with Crippen molar-refractivity contribution >= 4 is 10.8 Å². The lowest BCUT2D eigenvalue weighted by atomic mass is 10.0. The molecule has 3 heteroatoms. The molecule has 1 fully saturated rings. The van der Waals surface area contributed by atoms with E-state index in [0.717, 1.165) is 32.1 Å². The minimum Gasteiger partial charge on any atom is -0.497 e. The summed E-state index contributed by atoms with van der Waals surface area (Å²) in [5, 5.41) is 6.04. The van der Waals surface area contributed by atoms with Crippen LogP contribution in [-0.2, 0) is 11.3 Å². The minimum absolute atomic E-state index is 0.670. The van der Waals surface area contributed by atoms with E-state index in [9.17, 15) is 0 Å². The first-order chi connectivity index (χ1) is 10.3. The zero-order valence-electron chi connectivity index (χ0n) is 12.6. The fourth-order valence-electron chi connectivity index (χ4n) is 2.90. The highest BCUT2D eigenvalue weighted by Gasteiger charge is 2.12. The van der Waals surface area contributed by atoms with Gasteiger partial charge in [0.25, 0.3) is 0 Å². The summed E-state index contributed by atoms with van der Waals surface area (Å²) < 4.78 is 10.8. The fraction of sp³-hybridized carbons (Fsp3) is 0.444. The molecule has 112 valence electrons. The Labute approximate surface area is 126 Å². The number of methoxy groups -OCH3 is 1. The molecule has 0 amide bonds. The lowest BCUT2D eigenvalue weighted by Crippen LogP contribution is -2.28. The van der Waals surface area contributed by atoms with Crippen molar-refractivity contribution in [1.29, 1.82) is 0 Å². The molecule has 2 aromatic carbocycles. The van der Waals surface area contributed by atoms with Crippen molar-refractivity contribution in [3.63, 3.8) is 0 Å². The third-order valence-electron chi connectivity index (χ3n) is 4.13. The molecule has 1 heterocycles. The largest absolute Gasteiger partial charge is 0.497 e. The molecule has 2 aromatic rings. The summed E-state index contributed by atoms with van der Waals surface area (Å²) >= 11 is 0. The van der Waals surface area contributed by atoms with Gasteiger partial charge in [-0.1, -0.05) is 18.2 Å². The monoisotopic (exact) mass is 285 g/mol. The Balaban J connectivity index is 1.59. The number of benzene rings is 2. The molecule has 3 rings (SSSR count). The molecular formula is C18H23NO2. The molecule has 0 aliphatic carbocycles. The highest BCUT2D eigenvalue weighted by Crippen LogP contribution is 2.22. The quantitative estimate of drug-likeness (QED) is 0.913. The summed E-state index contributed by atoms with van der Waals surface area (Å²) in [7, 11) is 1.70. The number of hydrogen-bond acceptors (Lipinski definition) is 3. The van der Waals surface area contributed by atoms with Gasteiger partial charge in [0.05, 0.1) is 13.7 Å². The van der Waals surface area contributed by atoms with Crippen molar-refractivity contribution in [2.24, 2.45) is 5.92 Å². The Morgan fingerprint density at radius 2 is 2.05 bits per heavy atom. The van der Waals surface area contributed by atoms with Crippen molar-refractivity contribution in [2.45, 2.75) is 19.4 Å². The molecule has 1 unspecified atom stereocenters. The maximum absolute atomic E-state index is 5.51. The average Bonchev–Trinajstić information content (AvgIpc) is 2.55. The Hall–Kier alpha value is -1.58. The summed E-state index contributed by atoms with van der Waals surface area (Å²) in [6.45, 7) is 3.80. The van der Waals surface area contributed by atoms with E-state index < -0.39 is 0 Å². The zero-order valence-corrected chi connectivity index (χ0v) is 12.6. The van der Waals surface area contributed by atoms with Crippen LogP contribution in [0, 0.1) is 5.92 Å². The third kappa shape index (κ3) is 3.74. The van der Waals surface area contributed by atoms with E-state index in [4.69, 9.17) is 9.47 Å². The van der Waals surface area contributed by atoms with Crippen molar-refractivity contribution in [3.8, 4) is 5.75 Å². The van der Waals surface area contributed by atoms with Crippen LogP contribution in [0.1, 0.15) is 18.4 Å². The van der Waals surface area contributed by atoms with E-state index in [1.165, 1.54) is 29.2 Å². The number of nitrogens with one attached hydrogen (secondary N) is 1. The van der Waals surface area contributed by atoms with Crippen molar-refractivity contribution < 1.29 is 9.47 Å². The third-order valence-corrected chi connectivity index (χ3v) is 4.13. The van der Waals surface area contributed by atoms with Crippen LogP contribution in [0.15, 0.2) is 36.4 Å². The van der Waals surface area contributed by atoms with Gasteiger partial charge < -0.3 is 14.8 Å². The summed E-state index contributed by atoms with van der Waals surface area (Å²) in [4.78, 5) is 0. The first kappa shape index (κ1) is 14.4. The molecule has 3 nitrogen and oxygen atoms in total. The zero-order chi connectivity index (χ0) is 14.5. The van der Waals surface area contributed by atoms with Crippen molar-refractivity contribution in [1.82, 2.24) is 5.32 Å². The van der Waals surface area contributed by atoms with E-state index in [2.05, 4.69) is 35.6 Å². The van der Waals surface area contributed by atoms with E-state index in [1.807, 2.05) is 6.07 Å². The minimum atomic E-state index is 0.670. The van der Waals surface area contributed by atoms with Gasteiger partial charge in [-0.3, -0.25) is 0 Å². The highest BCUT2D eigenvalue weighted by molar-refractivity contribution is 5.84. The lowest BCUT2D eigenvalue weighted by molar-refractivity contribution is 0.0547. The topological polar surface area (TPSA) is 30.5 Å². The molecule has 0 aromatic heterocycles. The average molecular weight is 285 g/mol. The molecule has 21 heavy (non-hydrogen) atoms. The van der Waals surface area contributed by atoms with Gasteiger partial charge in [0.2, 0.25) is 0 Å². The Morgan fingerprint density at radius 1 is 1.19 bits per heavy atom. The second-order valence-electron chi connectivity index (χ2n) is 5.76. The number of fused-ring (bicyclic) bond motifs is 1. The van der Waals surface area contributed by atoms with Crippen LogP contribution >= 0.6 is 0 Å². The van der Waals surface area contributed by atoms with Crippen LogP contribution < -0.4 is 10.1 Å². The molecule has 1 aliphatic heterocycles. The first-order valence-electron chi connectivity index (χ1n) is 7.70. The molecule has 0 spiro atoms. The normalized spacial score (nSPS) is 18.8. The summed E-state index contributed by atoms with van der Waals surface area (Å²) in [5.74, 6) is 1.58. The standard InChI is InChI=1S/C18H23NO2/c1-20-18-7-6-16-9-14(4-5-17(16)10-18)11-19-12-15-3-2-8-21-13-15/h4-7,9-10,15,19H,2-3,8,11-13H2,1H3. The molecular weight excluding hydrogens is 262 g/mol. The SMILES string of the molecule is COc1ccc2cc(CNCC3CCCOC3)ccc2c1. The Bertz CT molecular complexity index is 591. The predicted octanol–water partition coefficient (Wildman–Crippen LogP) is 3.36. The lowest BCUT2D eigenvalue weighted by Gasteiger charge is -2.22. The van der Waals surface area contributed by atoms with Gasteiger partial charge in [0, 0.05) is 19.7 Å². The van der Waals surface area contributed by atoms with Crippen LogP contribution in [0.3, 0.4) is 0 Å². The molecule has 1 aliphatic rings. The van der Waals surface area contributed by atoms with Gasteiger partial charge in [-0.05, 0) is 53.3 Å². The molecule has 0 radical (unpaired) electrons. The molecule has 0 bridgehead atoms. The number of rotatable bonds is 5. The predicted molar refractivity (Wildman–Crippen MR) is 85.7 cm³/mol. The fourth-order valence-corrected chi connectivity index (χ4v) is 2.90. The van der Waals surface area contributed by atoms with E-state index in [0.29, 0.717) is 5.92 Å². The summed E-state index contributed by atoms with van der Waals surface area (Å²) in [5.41, 5.74) is 1.32. The molecule has 1 atom stereocenters. The second-order valence-corrected chi connectivity index (χ2v) is 5.76. The Kier molecular flexibility index (Phi) is 4.73. The van der Waals surface area contributed by atoms with Gasteiger partial charge in [0.15, 0.2) is 0 Å². The van der Waals surface area contributed by atoms with Gasteiger partial charge in [-0.2, -0.15) is 0 Å². The maximum Gasteiger partial charge on any atom is 0.119 e. The molecule has 1 N–H and O–H groups in total. The summed E-state index contributed by atoms with van der Waals surface area (Å²) in [6.07, 6.45) is 2.48. The Morgan fingerprint density at radius 3 is 2.86 bits per heavy atom.